The summed E-state index contributed by atoms with van der Waals surface area (Å²) in [6.45, 7) is 1.51. The maximum Gasteiger partial charge on any atom is 0.390 e. The van der Waals surface area contributed by atoms with Crippen LogP contribution in [-0.4, -0.2) is 37.3 Å². The van der Waals surface area contributed by atoms with Gasteiger partial charge in [-0.05, 0) is 12.1 Å². The van der Waals surface area contributed by atoms with Crippen LogP contribution in [0.1, 0.15) is 18.0 Å². The zero-order valence-corrected chi connectivity index (χ0v) is 11.7. The molecular formula is C13H14ClF5N2. The van der Waals surface area contributed by atoms with Crippen molar-refractivity contribution in [1.82, 2.24) is 10.2 Å². The van der Waals surface area contributed by atoms with Crippen LogP contribution in [0.3, 0.4) is 0 Å². The Morgan fingerprint density at radius 2 is 1.81 bits per heavy atom. The van der Waals surface area contributed by atoms with Gasteiger partial charge in [0.25, 0.3) is 0 Å². The number of benzene rings is 1. The van der Waals surface area contributed by atoms with Crippen molar-refractivity contribution in [2.75, 3.05) is 26.2 Å². The van der Waals surface area contributed by atoms with E-state index in [0.717, 1.165) is 12.1 Å². The van der Waals surface area contributed by atoms with Crippen LogP contribution in [0.5, 0.6) is 0 Å². The predicted molar refractivity (Wildman–Crippen MR) is 69.2 cm³/mol. The number of hydrogen-bond donors (Lipinski definition) is 1. The third-order valence-electron chi connectivity index (χ3n) is 3.43. The third kappa shape index (κ3) is 4.05. The van der Waals surface area contributed by atoms with Crippen LogP contribution in [0.25, 0.3) is 0 Å². The lowest BCUT2D eigenvalue weighted by atomic mass is 9.99. The maximum atomic E-state index is 14.1. The summed E-state index contributed by atoms with van der Waals surface area (Å²) in [4.78, 5) is 1.43. The average Bonchev–Trinajstić information content (AvgIpc) is 2.42. The van der Waals surface area contributed by atoms with Gasteiger partial charge in [0.05, 0.1) is 11.4 Å². The van der Waals surface area contributed by atoms with Crippen LogP contribution in [-0.2, 0) is 0 Å². The molecule has 1 fully saturated rings. The van der Waals surface area contributed by atoms with Crippen molar-refractivity contribution >= 4 is 11.6 Å². The number of hydrogen-bond acceptors (Lipinski definition) is 2. The van der Waals surface area contributed by atoms with Gasteiger partial charge in [0.2, 0.25) is 0 Å². The minimum Gasteiger partial charge on any atom is -0.314 e. The van der Waals surface area contributed by atoms with Gasteiger partial charge >= 0.3 is 6.18 Å². The second-order valence-corrected chi connectivity index (χ2v) is 5.29. The Balaban J connectivity index is 2.41. The van der Waals surface area contributed by atoms with Crippen LogP contribution in [0.2, 0.25) is 5.02 Å². The molecule has 0 radical (unpaired) electrons. The Labute approximate surface area is 123 Å². The Morgan fingerprint density at radius 1 is 1.19 bits per heavy atom. The number of halogens is 6. The van der Waals surface area contributed by atoms with E-state index in [0.29, 0.717) is 13.1 Å². The molecule has 118 valence electrons. The zero-order valence-electron chi connectivity index (χ0n) is 11.0. The van der Waals surface area contributed by atoms with E-state index in [1.807, 2.05) is 0 Å². The molecular weight excluding hydrogens is 315 g/mol. The van der Waals surface area contributed by atoms with E-state index in [1.165, 1.54) is 4.90 Å². The number of piperazine rings is 1. The molecule has 1 aliphatic rings. The van der Waals surface area contributed by atoms with Gasteiger partial charge in [0.1, 0.15) is 11.6 Å². The van der Waals surface area contributed by atoms with E-state index in [4.69, 9.17) is 11.6 Å². The fraction of sp³-hybridized carbons (Fsp3) is 0.538. The summed E-state index contributed by atoms with van der Waals surface area (Å²) in [5.41, 5.74) is -0.610. The summed E-state index contributed by atoms with van der Waals surface area (Å²) in [5.74, 6) is -2.13. The van der Waals surface area contributed by atoms with Gasteiger partial charge in [-0.2, -0.15) is 13.2 Å². The molecule has 2 rings (SSSR count). The lowest BCUT2D eigenvalue weighted by molar-refractivity contribution is -0.149. The molecule has 8 heteroatoms. The normalized spacial score (nSPS) is 18.8. The summed E-state index contributed by atoms with van der Waals surface area (Å²) in [6, 6.07) is 0.482. The Bertz CT molecular complexity index is 500. The molecule has 1 heterocycles. The fourth-order valence-electron chi connectivity index (χ4n) is 2.47. The minimum absolute atomic E-state index is 0.284. The SMILES string of the molecule is Fc1ccc(Cl)c(F)c1[C@H](CC(F)(F)F)N1CCNCC1. The second kappa shape index (κ2) is 6.46. The van der Waals surface area contributed by atoms with Crippen LogP contribution < -0.4 is 5.32 Å². The highest BCUT2D eigenvalue weighted by Crippen LogP contribution is 2.37. The van der Waals surface area contributed by atoms with Crippen molar-refractivity contribution in [3.05, 3.63) is 34.4 Å². The lowest BCUT2D eigenvalue weighted by Crippen LogP contribution is -2.46. The Hall–Kier alpha value is -0.920. The number of alkyl halides is 3. The van der Waals surface area contributed by atoms with Gasteiger partial charge in [-0.15, -0.1) is 0 Å². The van der Waals surface area contributed by atoms with Crippen LogP contribution >= 0.6 is 11.6 Å². The molecule has 21 heavy (non-hydrogen) atoms. The fourth-order valence-corrected chi connectivity index (χ4v) is 2.64. The molecule has 2 nitrogen and oxygen atoms in total. The van der Waals surface area contributed by atoms with Gasteiger partial charge in [0.15, 0.2) is 0 Å². The predicted octanol–water partition coefficient (Wildman–Crippen LogP) is 3.52. The lowest BCUT2D eigenvalue weighted by Gasteiger charge is -2.36. The van der Waals surface area contributed by atoms with E-state index in [2.05, 4.69) is 5.32 Å². The molecule has 0 aliphatic carbocycles. The van der Waals surface area contributed by atoms with Crippen LogP contribution in [0, 0.1) is 11.6 Å². The molecule has 1 atom stereocenters. The van der Waals surface area contributed by atoms with Crippen molar-refractivity contribution in [2.45, 2.75) is 18.6 Å². The topological polar surface area (TPSA) is 15.3 Å². The van der Waals surface area contributed by atoms with Gasteiger partial charge in [0, 0.05) is 37.8 Å². The second-order valence-electron chi connectivity index (χ2n) is 4.88. The van der Waals surface area contributed by atoms with Crippen LogP contribution in [0.15, 0.2) is 12.1 Å². The quantitative estimate of drug-likeness (QED) is 0.674. The number of nitrogens with zero attached hydrogens (tertiary/aromatic N) is 1. The highest BCUT2D eigenvalue weighted by atomic mass is 35.5. The van der Waals surface area contributed by atoms with E-state index >= 15 is 0 Å². The first-order valence-corrected chi connectivity index (χ1v) is 6.82. The first kappa shape index (κ1) is 16.5. The molecule has 0 unspecified atom stereocenters. The van der Waals surface area contributed by atoms with Crippen molar-refractivity contribution < 1.29 is 22.0 Å². The van der Waals surface area contributed by atoms with Crippen molar-refractivity contribution in [3.8, 4) is 0 Å². The molecule has 0 bridgehead atoms. The summed E-state index contributed by atoms with van der Waals surface area (Å²) in [6.07, 6.45) is -5.85. The van der Waals surface area contributed by atoms with Crippen LogP contribution in [0.4, 0.5) is 22.0 Å². The van der Waals surface area contributed by atoms with Gasteiger partial charge in [-0.1, -0.05) is 11.6 Å². The highest BCUT2D eigenvalue weighted by molar-refractivity contribution is 6.30. The molecule has 1 aromatic rings. The molecule has 1 N–H and O–H groups in total. The molecule has 1 aromatic carbocycles. The van der Waals surface area contributed by atoms with Gasteiger partial charge < -0.3 is 5.32 Å². The molecule has 0 saturated carbocycles. The largest absolute Gasteiger partial charge is 0.390 e. The van der Waals surface area contributed by atoms with E-state index in [1.54, 1.807) is 0 Å². The molecule has 1 aliphatic heterocycles. The zero-order chi connectivity index (χ0) is 15.6. The van der Waals surface area contributed by atoms with Gasteiger partial charge in [-0.3, -0.25) is 4.90 Å². The smallest absolute Gasteiger partial charge is 0.314 e. The van der Waals surface area contributed by atoms with Crippen molar-refractivity contribution in [1.29, 1.82) is 0 Å². The van der Waals surface area contributed by atoms with Gasteiger partial charge in [-0.25, -0.2) is 8.78 Å². The molecule has 0 amide bonds. The molecule has 1 saturated heterocycles. The summed E-state index contributed by atoms with van der Waals surface area (Å²) >= 11 is 5.59. The Morgan fingerprint density at radius 3 is 2.38 bits per heavy atom. The first-order chi connectivity index (χ1) is 9.79. The Kier molecular flexibility index (Phi) is 5.06. The number of rotatable bonds is 3. The van der Waals surface area contributed by atoms with E-state index < -0.39 is 35.8 Å². The summed E-state index contributed by atoms with van der Waals surface area (Å²) in [5, 5.41) is 2.61. The minimum atomic E-state index is -4.53. The maximum absolute atomic E-state index is 14.1. The monoisotopic (exact) mass is 328 g/mol. The first-order valence-electron chi connectivity index (χ1n) is 6.44. The van der Waals surface area contributed by atoms with Crippen molar-refractivity contribution in [2.24, 2.45) is 0 Å². The average molecular weight is 329 g/mol. The highest BCUT2D eigenvalue weighted by Gasteiger charge is 2.38. The van der Waals surface area contributed by atoms with E-state index in [-0.39, 0.29) is 18.1 Å². The summed E-state index contributed by atoms with van der Waals surface area (Å²) < 4.78 is 66.3. The van der Waals surface area contributed by atoms with E-state index in [9.17, 15) is 22.0 Å². The molecule has 0 aromatic heterocycles. The summed E-state index contributed by atoms with van der Waals surface area (Å²) in [7, 11) is 0. The molecule has 0 spiro atoms. The standard InChI is InChI=1S/C13H14ClF5N2/c14-8-1-2-9(15)11(12(8)16)10(7-13(17,18)19)21-5-3-20-4-6-21/h1-2,10,20H,3-7H2/t10-/m0/s1. The number of nitrogens with one attached hydrogen (secondary N) is 1. The van der Waals surface area contributed by atoms with Crippen molar-refractivity contribution in [3.63, 3.8) is 0 Å². The third-order valence-corrected chi connectivity index (χ3v) is 3.72.